The number of ether oxygens (including phenoxy) is 1. The first kappa shape index (κ1) is 13.8. The molecular formula is C15H17N3O3. The lowest BCUT2D eigenvalue weighted by molar-refractivity contribution is -0.122. The minimum absolute atomic E-state index is 0.00537. The highest BCUT2D eigenvalue weighted by Crippen LogP contribution is 2.11. The lowest BCUT2D eigenvalue weighted by atomic mass is 10.2. The van der Waals surface area contributed by atoms with Gasteiger partial charge >= 0.3 is 0 Å². The van der Waals surface area contributed by atoms with Crippen LogP contribution in [0.25, 0.3) is 11.0 Å². The second kappa shape index (κ2) is 6.05. The van der Waals surface area contributed by atoms with Crippen molar-refractivity contribution in [1.29, 1.82) is 0 Å². The van der Waals surface area contributed by atoms with Crippen LogP contribution in [0.4, 0.5) is 0 Å². The smallest absolute Gasteiger partial charge is 0.269 e. The summed E-state index contributed by atoms with van der Waals surface area (Å²) < 4.78 is 6.89. The molecule has 21 heavy (non-hydrogen) atoms. The van der Waals surface area contributed by atoms with Crippen LogP contribution in [0.5, 0.6) is 0 Å². The van der Waals surface area contributed by atoms with E-state index in [0.717, 1.165) is 19.4 Å². The fourth-order valence-electron chi connectivity index (χ4n) is 2.51. The van der Waals surface area contributed by atoms with Crippen molar-refractivity contribution in [3.63, 3.8) is 0 Å². The van der Waals surface area contributed by atoms with Gasteiger partial charge in [0.1, 0.15) is 6.54 Å². The predicted molar refractivity (Wildman–Crippen MR) is 78.0 cm³/mol. The molecular weight excluding hydrogens is 270 g/mol. The first-order valence-corrected chi connectivity index (χ1v) is 7.07. The normalized spacial score (nSPS) is 18.0. The van der Waals surface area contributed by atoms with E-state index in [1.807, 2.05) is 18.2 Å². The zero-order valence-corrected chi connectivity index (χ0v) is 11.6. The van der Waals surface area contributed by atoms with Crippen molar-refractivity contribution in [2.45, 2.75) is 25.5 Å². The maximum atomic E-state index is 12.0. The van der Waals surface area contributed by atoms with E-state index in [4.69, 9.17) is 4.74 Å². The summed E-state index contributed by atoms with van der Waals surface area (Å²) in [7, 11) is 0. The quantitative estimate of drug-likeness (QED) is 0.898. The molecule has 6 nitrogen and oxygen atoms in total. The van der Waals surface area contributed by atoms with Crippen LogP contribution >= 0.6 is 0 Å². The van der Waals surface area contributed by atoms with E-state index in [-0.39, 0.29) is 24.1 Å². The van der Waals surface area contributed by atoms with Gasteiger partial charge in [-0.15, -0.1) is 0 Å². The van der Waals surface area contributed by atoms with Gasteiger partial charge in [0.2, 0.25) is 5.91 Å². The number of para-hydroxylation sites is 2. The molecule has 3 rings (SSSR count). The molecule has 1 unspecified atom stereocenters. The van der Waals surface area contributed by atoms with Crippen molar-refractivity contribution in [3.05, 3.63) is 40.8 Å². The Balaban J connectivity index is 1.73. The molecule has 6 heteroatoms. The Bertz CT molecular complexity index is 705. The van der Waals surface area contributed by atoms with E-state index in [9.17, 15) is 9.59 Å². The molecule has 1 saturated heterocycles. The van der Waals surface area contributed by atoms with Gasteiger partial charge in [0, 0.05) is 13.2 Å². The molecule has 1 aliphatic rings. The molecule has 1 aromatic carbocycles. The second-order valence-electron chi connectivity index (χ2n) is 5.11. The number of carbonyl (C=O) groups is 1. The third-order valence-corrected chi connectivity index (χ3v) is 3.61. The van der Waals surface area contributed by atoms with E-state index in [0.29, 0.717) is 17.6 Å². The summed E-state index contributed by atoms with van der Waals surface area (Å²) in [4.78, 5) is 28.0. The number of aromatic nitrogens is 2. The van der Waals surface area contributed by atoms with Crippen LogP contribution in [-0.4, -0.2) is 34.7 Å². The van der Waals surface area contributed by atoms with Gasteiger partial charge < -0.3 is 10.1 Å². The van der Waals surface area contributed by atoms with Crippen LogP contribution in [0, 0.1) is 0 Å². The molecule has 2 aromatic rings. The lowest BCUT2D eigenvalue weighted by Gasteiger charge is -2.12. The SMILES string of the molecule is O=C(Cn1c(=O)cnc2ccccc21)NCC1CCCO1. The van der Waals surface area contributed by atoms with Gasteiger partial charge in [-0.3, -0.25) is 14.2 Å². The molecule has 2 heterocycles. The van der Waals surface area contributed by atoms with Crippen molar-refractivity contribution in [1.82, 2.24) is 14.9 Å². The van der Waals surface area contributed by atoms with Crippen molar-refractivity contribution < 1.29 is 9.53 Å². The zero-order valence-electron chi connectivity index (χ0n) is 11.6. The predicted octanol–water partition coefficient (Wildman–Crippen LogP) is 0.692. The van der Waals surface area contributed by atoms with Crippen molar-refractivity contribution in [3.8, 4) is 0 Å². The van der Waals surface area contributed by atoms with Gasteiger partial charge in [-0.25, -0.2) is 4.98 Å². The molecule has 1 atom stereocenters. The average molecular weight is 287 g/mol. The molecule has 1 N–H and O–H groups in total. The summed E-state index contributed by atoms with van der Waals surface area (Å²) in [6, 6.07) is 7.28. The number of rotatable bonds is 4. The highest BCUT2D eigenvalue weighted by atomic mass is 16.5. The summed E-state index contributed by atoms with van der Waals surface area (Å²) in [5.41, 5.74) is 1.09. The Morgan fingerprint density at radius 3 is 3.10 bits per heavy atom. The fraction of sp³-hybridized carbons (Fsp3) is 0.400. The second-order valence-corrected chi connectivity index (χ2v) is 5.11. The summed E-state index contributed by atoms with van der Waals surface area (Å²) in [5, 5.41) is 2.82. The van der Waals surface area contributed by atoms with Crippen LogP contribution < -0.4 is 10.9 Å². The van der Waals surface area contributed by atoms with E-state index in [2.05, 4.69) is 10.3 Å². The van der Waals surface area contributed by atoms with Crippen molar-refractivity contribution >= 4 is 16.9 Å². The van der Waals surface area contributed by atoms with Crippen LogP contribution in [0.2, 0.25) is 0 Å². The fourth-order valence-corrected chi connectivity index (χ4v) is 2.51. The molecule has 1 fully saturated rings. The lowest BCUT2D eigenvalue weighted by Crippen LogP contribution is -2.36. The number of amides is 1. The van der Waals surface area contributed by atoms with Crippen LogP contribution in [0.3, 0.4) is 0 Å². The molecule has 0 bridgehead atoms. The third kappa shape index (κ3) is 3.11. The van der Waals surface area contributed by atoms with Gasteiger partial charge in [-0.2, -0.15) is 0 Å². The minimum Gasteiger partial charge on any atom is -0.376 e. The van der Waals surface area contributed by atoms with Gasteiger partial charge in [-0.05, 0) is 25.0 Å². The Labute approximate surface area is 121 Å². The number of fused-ring (bicyclic) bond motifs is 1. The van der Waals surface area contributed by atoms with E-state index in [1.165, 1.54) is 10.8 Å². The first-order chi connectivity index (χ1) is 10.2. The topological polar surface area (TPSA) is 73.2 Å². The summed E-state index contributed by atoms with van der Waals surface area (Å²) in [6.07, 6.45) is 3.35. The zero-order chi connectivity index (χ0) is 14.7. The highest BCUT2D eigenvalue weighted by molar-refractivity contribution is 5.79. The molecule has 0 radical (unpaired) electrons. The van der Waals surface area contributed by atoms with Crippen LogP contribution in [-0.2, 0) is 16.1 Å². The number of nitrogens with one attached hydrogen (secondary N) is 1. The van der Waals surface area contributed by atoms with E-state index in [1.54, 1.807) is 6.07 Å². The van der Waals surface area contributed by atoms with Gasteiger partial charge in [0.05, 0.1) is 23.3 Å². The van der Waals surface area contributed by atoms with Crippen molar-refractivity contribution in [2.75, 3.05) is 13.2 Å². The van der Waals surface area contributed by atoms with Crippen LogP contribution in [0.1, 0.15) is 12.8 Å². The number of carbonyl (C=O) groups excluding carboxylic acids is 1. The monoisotopic (exact) mass is 287 g/mol. The Hall–Kier alpha value is -2.21. The molecule has 0 spiro atoms. The molecule has 0 saturated carbocycles. The minimum atomic E-state index is -0.277. The summed E-state index contributed by atoms with van der Waals surface area (Å²) >= 11 is 0. The Kier molecular flexibility index (Phi) is 3.96. The number of nitrogens with zero attached hydrogens (tertiary/aromatic N) is 2. The van der Waals surface area contributed by atoms with E-state index >= 15 is 0 Å². The number of hydrogen-bond acceptors (Lipinski definition) is 4. The summed E-state index contributed by atoms with van der Waals surface area (Å²) in [6.45, 7) is 1.25. The molecule has 0 aliphatic carbocycles. The summed E-state index contributed by atoms with van der Waals surface area (Å²) in [5.74, 6) is -0.191. The Morgan fingerprint density at radius 2 is 2.29 bits per heavy atom. The third-order valence-electron chi connectivity index (χ3n) is 3.61. The molecule has 1 aromatic heterocycles. The van der Waals surface area contributed by atoms with Crippen molar-refractivity contribution in [2.24, 2.45) is 0 Å². The Morgan fingerprint density at radius 1 is 1.43 bits per heavy atom. The number of hydrogen-bond donors (Lipinski definition) is 1. The largest absolute Gasteiger partial charge is 0.376 e. The maximum Gasteiger partial charge on any atom is 0.269 e. The average Bonchev–Trinajstić information content (AvgIpc) is 3.01. The van der Waals surface area contributed by atoms with E-state index < -0.39 is 0 Å². The maximum absolute atomic E-state index is 12.0. The van der Waals surface area contributed by atoms with Gasteiger partial charge in [0.25, 0.3) is 5.56 Å². The first-order valence-electron chi connectivity index (χ1n) is 7.07. The molecule has 110 valence electrons. The molecule has 1 aliphatic heterocycles. The highest BCUT2D eigenvalue weighted by Gasteiger charge is 2.16. The van der Waals surface area contributed by atoms with Gasteiger partial charge in [-0.1, -0.05) is 12.1 Å². The van der Waals surface area contributed by atoms with Gasteiger partial charge in [0.15, 0.2) is 0 Å². The molecule has 1 amide bonds. The standard InChI is InChI=1S/C15H17N3O3/c19-14(17-8-11-4-3-7-21-11)10-18-13-6-2-1-5-12(13)16-9-15(18)20/h1-2,5-6,9,11H,3-4,7-8,10H2,(H,17,19). The van der Waals surface area contributed by atoms with Crippen LogP contribution in [0.15, 0.2) is 35.3 Å². The number of benzene rings is 1.